The Kier molecular flexibility index (Phi) is 8.12. The van der Waals surface area contributed by atoms with Crippen LogP contribution in [0.5, 0.6) is 0 Å². The number of hydrogen-bond acceptors (Lipinski definition) is 4. The van der Waals surface area contributed by atoms with Crippen LogP contribution in [0, 0.1) is 0 Å². The topological polar surface area (TPSA) is 81.4 Å². The molecule has 1 amide bonds. The summed E-state index contributed by atoms with van der Waals surface area (Å²) in [5.41, 5.74) is 7.17. The lowest BCUT2D eigenvalue weighted by molar-refractivity contribution is -0.140. The standard InChI is InChI=1S/C16H24N2O3/c1-21-15(19)6-4-2-3-5-11-18-16(20)14-9-7-13(12-17)8-10-14/h7-10H,2-6,11-12,17H2,1H3,(H,18,20). The van der Waals surface area contributed by atoms with Gasteiger partial charge in [-0.2, -0.15) is 0 Å². The molecule has 0 saturated heterocycles. The Morgan fingerprint density at radius 2 is 1.76 bits per heavy atom. The van der Waals surface area contributed by atoms with E-state index >= 15 is 0 Å². The zero-order valence-electron chi connectivity index (χ0n) is 12.6. The van der Waals surface area contributed by atoms with Crippen molar-refractivity contribution < 1.29 is 14.3 Å². The highest BCUT2D eigenvalue weighted by molar-refractivity contribution is 5.94. The fourth-order valence-electron chi connectivity index (χ4n) is 1.95. The van der Waals surface area contributed by atoms with Crippen molar-refractivity contribution in [2.45, 2.75) is 38.6 Å². The number of rotatable bonds is 9. The van der Waals surface area contributed by atoms with Gasteiger partial charge in [-0.25, -0.2) is 0 Å². The maximum Gasteiger partial charge on any atom is 0.305 e. The summed E-state index contributed by atoms with van der Waals surface area (Å²) in [4.78, 5) is 22.8. The number of nitrogens with one attached hydrogen (secondary N) is 1. The van der Waals surface area contributed by atoms with Crippen LogP contribution in [0.2, 0.25) is 0 Å². The summed E-state index contributed by atoms with van der Waals surface area (Å²) in [5.74, 6) is -0.225. The molecule has 0 saturated carbocycles. The van der Waals surface area contributed by atoms with Crippen molar-refractivity contribution in [3.05, 3.63) is 35.4 Å². The Labute approximate surface area is 125 Å². The number of unbranched alkanes of at least 4 members (excludes halogenated alkanes) is 3. The monoisotopic (exact) mass is 292 g/mol. The van der Waals surface area contributed by atoms with Gasteiger partial charge in [0.1, 0.15) is 0 Å². The molecule has 116 valence electrons. The number of hydrogen-bond donors (Lipinski definition) is 2. The maximum absolute atomic E-state index is 11.9. The molecule has 0 radical (unpaired) electrons. The lowest BCUT2D eigenvalue weighted by Crippen LogP contribution is -2.24. The van der Waals surface area contributed by atoms with Gasteiger partial charge in [-0.1, -0.05) is 25.0 Å². The van der Waals surface area contributed by atoms with E-state index in [2.05, 4.69) is 10.1 Å². The molecular formula is C16H24N2O3. The van der Waals surface area contributed by atoms with Gasteiger partial charge in [-0.3, -0.25) is 9.59 Å². The molecule has 0 heterocycles. The number of carbonyl (C=O) groups is 2. The summed E-state index contributed by atoms with van der Waals surface area (Å²) in [6, 6.07) is 7.30. The first-order chi connectivity index (χ1) is 10.2. The third kappa shape index (κ3) is 6.90. The summed E-state index contributed by atoms with van der Waals surface area (Å²) < 4.78 is 4.57. The van der Waals surface area contributed by atoms with Crippen LogP contribution in [-0.2, 0) is 16.1 Å². The summed E-state index contributed by atoms with van der Waals surface area (Å²) >= 11 is 0. The fraction of sp³-hybridized carbons (Fsp3) is 0.500. The lowest BCUT2D eigenvalue weighted by Gasteiger charge is -2.06. The van der Waals surface area contributed by atoms with Gasteiger partial charge >= 0.3 is 5.97 Å². The lowest BCUT2D eigenvalue weighted by atomic mass is 10.1. The zero-order valence-corrected chi connectivity index (χ0v) is 12.6. The number of esters is 1. The van der Waals surface area contributed by atoms with Gasteiger partial charge in [0.05, 0.1) is 7.11 Å². The molecule has 5 nitrogen and oxygen atoms in total. The number of amides is 1. The van der Waals surface area contributed by atoms with Gasteiger partial charge in [0.25, 0.3) is 5.91 Å². The summed E-state index contributed by atoms with van der Waals surface area (Å²) in [7, 11) is 1.40. The average Bonchev–Trinajstić information content (AvgIpc) is 2.53. The molecule has 0 bridgehead atoms. The third-order valence-corrected chi connectivity index (χ3v) is 3.27. The van der Waals surface area contributed by atoms with Gasteiger partial charge in [0, 0.05) is 25.1 Å². The van der Waals surface area contributed by atoms with Crippen LogP contribution in [0.3, 0.4) is 0 Å². The summed E-state index contributed by atoms with van der Waals surface area (Å²) in [5, 5.41) is 2.89. The highest BCUT2D eigenvalue weighted by Gasteiger charge is 2.04. The van der Waals surface area contributed by atoms with Crippen LogP contribution in [0.25, 0.3) is 0 Å². The van der Waals surface area contributed by atoms with Crippen molar-refractivity contribution in [1.29, 1.82) is 0 Å². The Hall–Kier alpha value is -1.88. The van der Waals surface area contributed by atoms with Gasteiger partial charge < -0.3 is 15.8 Å². The molecule has 0 atom stereocenters. The van der Waals surface area contributed by atoms with Gasteiger partial charge in [0.2, 0.25) is 0 Å². The molecule has 0 fully saturated rings. The van der Waals surface area contributed by atoms with Crippen LogP contribution < -0.4 is 11.1 Å². The van der Waals surface area contributed by atoms with Gasteiger partial charge in [-0.15, -0.1) is 0 Å². The molecule has 5 heteroatoms. The van der Waals surface area contributed by atoms with Crippen molar-refractivity contribution in [2.75, 3.05) is 13.7 Å². The predicted octanol–water partition coefficient (Wildman–Crippen LogP) is 2.00. The molecule has 0 aliphatic heterocycles. The molecule has 0 aromatic heterocycles. The number of benzene rings is 1. The second kappa shape index (κ2) is 9.94. The molecule has 0 spiro atoms. The van der Waals surface area contributed by atoms with Crippen LogP contribution in [0.15, 0.2) is 24.3 Å². The third-order valence-electron chi connectivity index (χ3n) is 3.27. The van der Waals surface area contributed by atoms with E-state index in [9.17, 15) is 9.59 Å². The molecule has 21 heavy (non-hydrogen) atoms. The fourth-order valence-corrected chi connectivity index (χ4v) is 1.95. The van der Waals surface area contributed by atoms with E-state index < -0.39 is 0 Å². The predicted molar refractivity (Wildman–Crippen MR) is 81.8 cm³/mol. The molecule has 1 aromatic rings. The van der Waals surface area contributed by atoms with Crippen molar-refractivity contribution >= 4 is 11.9 Å². The smallest absolute Gasteiger partial charge is 0.305 e. The highest BCUT2D eigenvalue weighted by atomic mass is 16.5. The maximum atomic E-state index is 11.9. The minimum Gasteiger partial charge on any atom is -0.469 e. The first kappa shape index (κ1) is 17.2. The van der Waals surface area contributed by atoms with E-state index in [0.717, 1.165) is 31.2 Å². The highest BCUT2D eigenvalue weighted by Crippen LogP contribution is 2.05. The Bertz CT molecular complexity index is 443. The van der Waals surface area contributed by atoms with Gasteiger partial charge in [-0.05, 0) is 30.5 Å². The second-order valence-corrected chi connectivity index (χ2v) is 4.90. The molecule has 1 rings (SSSR count). The van der Waals surface area contributed by atoms with Crippen molar-refractivity contribution in [3.8, 4) is 0 Å². The minimum absolute atomic E-state index is 0.0619. The van der Waals surface area contributed by atoms with Crippen molar-refractivity contribution in [1.82, 2.24) is 5.32 Å². The Morgan fingerprint density at radius 3 is 2.38 bits per heavy atom. The molecule has 0 aliphatic carbocycles. The van der Waals surface area contributed by atoms with E-state index in [0.29, 0.717) is 25.1 Å². The largest absolute Gasteiger partial charge is 0.469 e. The summed E-state index contributed by atoms with van der Waals surface area (Å²) in [6.07, 6.45) is 4.17. The number of ether oxygens (including phenoxy) is 1. The van der Waals surface area contributed by atoms with Crippen LogP contribution in [-0.4, -0.2) is 25.5 Å². The SMILES string of the molecule is COC(=O)CCCCCCNC(=O)c1ccc(CN)cc1. The van der Waals surface area contributed by atoms with Crippen LogP contribution >= 0.6 is 0 Å². The second-order valence-electron chi connectivity index (χ2n) is 4.90. The van der Waals surface area contributed by atoms with Crippen LogP contribution in [0.4, 0.5) is 0 Å². The summed E-state index contributed by atoms with van der Waals surface area (Å²) in [6.45, 7) is 1.13. The normalized spacial score (nSPS) is 10.2. The van der Waals surface area contributed by atoms with E-state index in [1.807, 2.05) is 12.1 Å². The van der Waals surface area contributed by atoms with E-state index in [-0.39, 0.29) is 11.9 Å². The Morgan fingerprint density at radius 1 is 1.10 bits per heavy atom. The molecule has 0 unspecified atom stereocenters. The quantitative estimate of drug-likeness (QED) is 0.539. The molecule has 0 aliphatic rings. The molecule has 1 aromatic carbocycles. The van der Waals surface area contributed by atoms with E-state index in [1.165, 1.54) is 7.11 Å². The number of carbonyl (C=O) groups excluding carboxylic acids is 2. The van der Waals surface area contributed by atoms with E-state index in [4.69, 9.17) is 5.73 Å². The van der Waals surface area contributed by atoms with Crippen molar-refractivity contribution in [2.24, 2.45) is 5.73 Å². The average molecular weight is 292 g/mol. The Balaban J connectivity index is 2.11. The first-order valence-electron chi connectivity index (χ1n) is 7.31. The molecular weight excluding hydrogens is 268 g/mol. The number of nitrogens with two attached hydrogens (primary N) is 1. The molecule has 3 N–H and O–H groups in total. The number of methoxy groups -OCH3 is 1. The minimum atomic E-state index is -0.163. The van der Waals surface area contributed by atoms with E-state index in [1.54, 1.807) is 12.1 Å². The van der Waals surface area contributed by atoms with Gasteiger partial charge in [0.15, 0.2) is 0 Å². The van der Waals surface area contributed by atoms with Crippen LogP contribution in [0.1, 0.15) is 48.0 Å². The first-order valence-corrected chi connectivity index (χ1v) is 7.31. The van der Waals surface area contributed by atoms with Crippen molar-refractivity contribution in [3.63, 3.8) is 0 Å². The zero-order chi connectivity index (χ0) is 15.5.